The number of allylic oxidation sites excluding steroid dienone is 8. The quantitative estimate of drug-likeness (QED) is 0.0238. The SMILES string of the molecule is CCC/C=C\C/C=C\CCCCCCCC(=O)OC(COCCCCCCCCCCCC/C=C\C/C=C\CCCCCCC)COP(=O)(O)OCC(O)CO. The summed E-state index contributed by atoms with van der Waals surface area (Å²) in [6, 6.07) is 0. The van der Waals surface area contributed by atoms with Crippen molar-refractivity contribution in [1.29, 1.82) is 0 Å². The number of aliphatic hydroxyl groups is 2. The molecule has 0 saturated heterocycles. The standard InChI is InChI=1S/C46H85O9P/c1-3-5-7-9-11-13-15-17-18-19-20-21-22-23-24-25-27-29-31-33-35-37-39-52-42-45(43-54-56(50,51)53-41-44(48)40-47)55-46(49)38-36-34-32-30-28-26-16-14-12-10-8-6-4-2/h8,10,14-17,19-20,44-45,47-48H,3-7,9,11-13,18,21-43H2,1-2H3,(H,50,51)/b10-8-,16-14-,17-15-,20-19-. The molecular formula is C46H85O9P. The van der Waals surface area contributed by atoms with Crippen molar-refractivity contribution in [3.8, 4) is 0 Å². The summed E-state index contributed by atoms with van der Waals surface area (Å²) in [5.74, 6) is -0.399. The molecule has 0 aliphatic heterocycles. The molecule has 0 aliphatic carbocycles. The normalized spacial score (nSPS) is 14.4. The molecular weight excluding hydrogens is 727 g/mol. The summed E-state index contributed by atoms with van der Waals surface area (Å²) >= 11 is 0. The summed E-state index contributed by atoms with van der Waals surface area (Å²) in [6.07, 6.45) is 47.9. The molecule has 0 bridgehead atoms. The van der Waals surface area contributed by atoms with Crippen molar-refractivity contribution in [2.24, 2.45) is 0 Å². The van der Waals surface area contributed by atoms with Crippen molar-refractivity contribution in [2.45, 2.75) is 206 Å². The second-order valence-corrected chi connectivity index (χ2v) is 16.5. The topological polar surface area (TPSA) is 132 Å². The van der Waals surface area contributed by atoms with Crippen LogP contribution in [0.15, 0.2) is 48.6 Å². The van der Waals surface area contributed by atoms with Gasteiger partial charge in [-0.25, -0.2) is 4.57 Å². The zero-order chi connectivity index (χ0) is 41.1. The second-order valence-electron chi connectivity index (χ2n) is 15.1. The Bertz CT molecular complexity index is 1010. The summed E-state index contributed by atoms with van der Waals surface area (Å²) in [5, 5.41) is 18.3. The molecule has 0 fully saturated rings. The van der Waals surface area contributed by atoms with E-state index in [1.165, 1.54) is 96.3 Å². The van der Waals surface area contributed by atoms with Crippen molar-refractivity contribution < 1.29 is 43.0 Å². The van der Waals surface area contributed by atoms with Crippen molar-refractivity contribution >= 4 is 13.8 Å². The number of phosphoric acid groups is 1. The molecule has 10 heteroatoms. The van der Waals surface area contributed by atoms with Crippen LogP contribution in [0.3, 0.4) is 0 Å². The van der Waals surface area contributed by atoms with Gasteiger partial charge in [0.25, 0.3) is 0 Å². The Labute approximate surface area is 343 Å². The van der Waals surface area contributed by atoms with Crippen LogP contribution in [0.5, 0.6) is 0 Å². The first-order chi connectivity index (χ1) is 27.3. The number of carbonyl (C=O) groups excluding carboxylic acids is 1. The predicted molar refractivity (Wildman–Crippen MR) is 233 cm³/mol. The van der Waals surface area contributed by atoms with Gasteiger partial charge in [-0.3, -0.25) is 13.8 Å². The number of ether oxygens (including phenoxy) is 2. The summed E-state index contributed by atoms with van der Waals surface area (Å²) in [4.78, 5) is 22.6. The van der Waals surface area contributed by atoms with Gasteiger partial charge in [0.15, 0.2) is 0 Å². The van der Waals surface area contributed by atoms with Gasteiger partial charge >= 0.3 is 13.8 Å². The third kappa shape index (κ3) is 42.0. The molecule has 9 nitrogen and oxygen atoms in total. The molecule has 0 rings (SSSR count). The maximum absolute atomic E-state index is 12.6. The van der Waals surface area contributed by atoms with Gasteiger partial charge in [-0.05, 0) is 70.6 Å². The minimum Gasteiger partial charge on any atom is -0.457 e. The van der Waals surface area contributed by atoms with Crippen LogP contribution in [0.2, 0.25) is 0 Å². The van der Waals surface area contributed by atoms with Crippen LogP contribution in [0, 0.1) is 0 Å². The Morgan fingerprint density at radius 2 is 1.00 bits per heavy atom. The monoisotopic (exact) mass is 813 g/mol. The molecule has 0 aromatic heterocycles. The number of esters is 1. The lowest BCUT2D eigenvalue weighted by Gasteiger charge is -2.20. The van der Waals surface area contributed by atoms with Crippen LogP contribution in [-0.4, -0.2) is 66.3 Å². The van der Waals surface area contributed by atoms with Gasteiger partial charge in [-0.1, -0.05) is 165 Å². The Hall–Kier alpha value is -1.58. The number of rotatable bonds is 43. The number of carbonyl (C=O) groups is 1. The van der Waals surface area contributed by atoms with Gasteiger partial charge in [-0.2, -0.15) is 0 Å². The van der Waals surface area contributed by atoms with Crippen LogP contribution in [0.25, 0.3) is 0 Å². The van der Waals surface area contributed by atoms with Crippen molar-refractivity contribution in [1.82, 2.24) is 0 Å². The number of hydrogen-bond acceptors (Lipinski definition) is 8. The molecule has 0 heterocycles. The van der Waals surface area contributed by atoms with Crippen molar-refractivity contribution in [3.63, 3.8) is 0 Å². The average Bonchev–Trinajstić information content (AvgIpc) is 3.19. The number of phosphoric ester groups is 1. The number of hydrogen-bond donors (Lipinski definition) is 3. The lowest BCUT2D eigenvalue weighted by Crippen LogP contribution is -2.29. The first-order valence-electron chi connectivity index (χ1n) is 22.6. The van der Waals surface area contributed by atoms with Gasteiger partial charge in [0, 0.05) is 13.0 Å². The third-order valence-electron chi connectivity index (χ3n) is 9.47. The molecule has 0 aromatic carbocycles. The maximum atomic E-state index is 12.6. The number of unbranched alkanes of at least 4 members (excludes halogenated alkanes) is 21. The minimum absolute atomic E-state index is 0.0407. The van der Waals surface area contributed by atoms with Crippen LogP contribution >= 0.6 is 7.82 Å². The fourth-order valence-corrected chi connectivity index (χ4v) is 6.80. The molecule has 0 amide bonds. The van der Waals surface area contributed by atoms with E-state index in [0.29, 0.717) is 13.0 Å². The lowest BCUT2D eigenvalue weighted by molar-refractivity contribution is -0.154. The predicted octanol–water partition coefficient (Wildman–Crippen LogP) is 12.6. The average molecular weight is 813 g/mol. The van der Waals surface area contributed by atoms with Crippen LogP contribution < -0.4 is 0 Å². The van der Waals surface area contributed by atoms with E-state index in [4.69, 9.17) is 23.6 Å². The molecule has 0 radical (unpaired) electrons. The second kappa shape index (κ2) is 43.0. The first kappa shape index (κ1) is 54.4. The molecule has 3 N–H and O–H groups in total. The van der Waals surface area contributed by atoms with Crippen LogP contribution in [-0.2, 0) is 27.9 Å². The van der Waals surface area contributed by atoms with E-state index < -0.39 is 39.2 Å². The number of aliphatic hydroxyl groups excluding tert-OH is 2. The van der Waals surface area contributed by atoms with E-state index in [1.807, 2.05) is 0 Å². The smallest absolute Gasteiger partial charge is 0.457 e. The molecule has 0 spiro atoms. The fourth-order valence-electron chi connectivity index (χ4n) is 6.01. The molecule has 0 saturated carbocycles. The van der Waals surface area contributed by atoms with Gasteiger partial charge in [0.1, 0.15) is 12.2 Å². The van der Waals surface area contributed by atoms with E-state index >= 15 is 0 Å². The summed E-state index contributed by atoms with van der Waals surface area (Å²) in [6.45, 7) is 3.42. The lowest BCUT2D eigenvalue weighted by atomic mass is 10.1. The van der Waals surface area contributed by atoms with Crippen molar-refractivity contribution in [2.75, 3.05) is 33.0 Å². The van der Waals surface area contributed by atoms with Crippen molar-refractivity contribution in [3.05, 3.63) is 48.6 Å². The van der Waals surface area contributed by atoms with E-state index in [2.05, 4.69) is 62.5 Å². The van der Waals surface area contributed by atoms with E-state index in [-0.39, 0.29) is 19.6 Å². The minimum atomic E-state index is -4.52. The Kier molecular flexibility index (Phi) is 41.8. The molecule has 0 aromatic rings. The third-order valence-corrected chi connectivity index (χ3v) is 10.4. The zero-order valence-electron chi connectivity index (χ0n) is 35.8. The molecule has 56 heavy (non-hydrogen) atoms. The highest BCUT2D eigenvalue weighted by molar-refractivity contribution is 7.47. The Morgan fingerprint density at radius 1 is 0.554 bits per heavy atom. The molecule has 0 aliphatic rings. The highest BCUT2D eigenvalue weighted by Gasteiger charge is 2.26. The van der Waals surface area contributed by atoms with Gasteiger partial charge in [0.05, 0.1) is 26.4 Å². The van der Waals surface area contributed by atoms with E-state index in [9.17, 15) is 19.4 Å². The Morgan fingerprint density at radius 3 is 1.50 bits per heavy atom. The summed E-state index contributed by atoms with van der Waals surface area (Å²) < 4.78 is 33.4. The maximum Gasteiger partial charge on any atom is 0.472 e. The van der Waals surface area contributed by atoms with E-state index in [0.717, 1.165) is 70.6 Å². The van der Waals surface area contributed by atoms with Crippen LogP contribution in [0.1, 0.15) is 194 Å². The molecule has 3 atom stereocenters. The fraction of sp³-hybridized carbons (Fsp3) is 0.804. The Balaban J connectivity index is 4.11. The summed E-state index contributed by atoms with van der Waals surface area (Å²) in [5.41, 5.74) is 0. The zero-order valence-corrected chi connectivity index (χ0v) is 36.7. The highest BCUT2D eigenvalue weighted by atomic mass is 31.2. The largest absolute Gasteiger partial charge is 0.472 e. The highest BCUT2D eigenvalue weighted by Crippen LogP contribution is 2.43. The molecule has 3 unspecified atom stereocenters. The molecule has 328 valence electrons. The first-order valence-corrected chi connectivity index (χ1v) is 24.1. The van der Waals surface area contributed by atoms with Gasteiger partial charge < -0.3 is 24.6 Å². The van der Waals surface area contributed by atoms with E-state index in [1.54, 1.807) is 0 Å². The summed E-state index contributed by atoms with van der Waals surface area (Å²) in [7, 11) is -4.52. The van der Waals surface area contributed by atoms with Crippen LogP contribution in [0.4, 0.5) is 0 Å². The van der Waals surface area contributed by atoms with Gasteiger partial charge in [0.2, 0.25) is 0 Å². The van der Waals surface area contributed by atoms with Gasteiger partial charge in [-0.15, -0.1) is 0 Å².